The molecule has 0 radical (unpaired) electrons. The Morgan fingerprint density at radius 3 is 2.40 bits per heavy atom. The van der Waals surface area contributed by atoms with Crippen molar-refractivity contribution in [2.24, 2.45) is 5.92 Å². The van der Waals surface area contributed by atoms with Gasteiger partial charge in [-0.2, -0.15) is 0 Å². The molecule has 4 rings (SSSR count). The second kappa shape index (κ2) is 12.0. The van der Waals surface area contributed by atoms with Crippen molar-refractivity contribution in [3.05, 3.63) is 77.6 Å². The summed E-state index contributed by atoms with van der Waals surface area (Å²) >= 11 is 0. The van der Waals surface area contributed by atoms with Crippen molar-refractivity contribution in [2.45, 2.75) is 32.1 Å². The van der Waals surface area contributed by atoms with Gasteiger partial charge in [0, 0.05) is 43.9 Å². The van der Waals surface area contributed by atoms with Crippen LogP contribution in [0.4, 0.5) is 19.3 Å². The second-order valence-corrected chi connectivity index (χ2v) is 11.4. The third-order valence-corrected chi connectivity index (χ3v) is 7.63. The van der Waals surface area contributed by atoms with Crippen LogP contribution in [0.25, 0.3) is 11.0 Å². The fourth-order valence-electron chi connectivity index (χ4n) is 4.14. The summed E-state index contributed by atoms with van der Waals surface area (Å²) in [6, 6.07) is 9.03. The van der Waals surface area contributed by atoms with Gasteiger partial charge in [-0.15, -0.1) is 0 Å². The Morgan fingerprint density at radius 1 is 1.10 bits per heavy atom. The Bertz CT molecular complexity index is 1610. The van der Waals surface area contributed by atoms with E-state index in [1.54, 1.807) is 12.1 Å². The minimum absolute atomic E-state index is 0.0364. The molecule has 2 amide bonds. The van der Waals surface area contributed by atoms with Crippen molar-refractivity contribution in [1.29, 1.82) is 0 Å². The maximum atomic E-state index is 15.0. The number of urea groups is 1. The quantitative estimate of drug-likeness (QED) is 0.239. The summed E-state index contributed by atoms with van der Waals surface area (Å²) in [6.45, 7) is 6.27. The number of carbonyl (C=O) groups excluding carboxylic acids is 1. The molecule has 12 heteroatoms. The number of carbonyl (C=O) groups is 1. The molecule has 0 saturated heterocycles. The van der Waals surface area contributed by atoms with Crippen LogP contribution in [-0.2, 0) is 21.2 Å². The number of benzene rings is 2. The molecule has 0 spiro atoms. The van der Waals surface area contributed by atoms with Gasteiger partial charge in [0.1, 0.15) is 5.75 Å². The topological polar surface area (TPSA) is 112 Å². The van der Waals surface area contributed by atoms with Gasteiger partial charge in [-0.05, 0) is 43.0 Å². The lowest BCUT2D eigenvalue weighted by Gasteiger charge is -2.13. The van der Waals surface area contributed by atoms with Crippen LogP contribution in [0.3, 0.4) is 0 Å². The van der Waals surface area contributed by atoms with Crippen LogP contribution in [0.15, 0.2) is 59.8 Å². The smallest absolute Gasteiger partial charge is 0.319 e. The predicted molar refractivity (Wildman–Crippen MR) is 147 cm³/mol. The van der Waals surface area contributed by atoms with E-state index in [-0.39, 0.29) is 41.0 Å². The molecule has 0 bridgehead atoms. The SMILES string of the molecule is COCCNC(=O)Nc1cc(F)c(Oc2ccnc3c2c(CC(C)C)cn3S(=O)(=O)c2ccc(C)cc2)c(F)c1. The van der Waals surface area contributed by atoms with Gasteiger partial charge in [0.25, 0.3) is 10.0 Å². The van der Waals surface area contributed by atoms with Crippen LogP contribution in [-0.4, -0.2) is 43.7 Å². The molecule has 9 nitrogen and oxygen atoms in total. The molecule has 0 aliphatic heterocycles. The number of ether oxygens (including phenoxy) is 2. The molecule has 4 aromatic rings. The molecular weight excluding hydrogens is 542 g/mol. The molecule has 2 heterocycles. The molecule has 0 fully saturated rings. The maximum absolute atomic E-state index is 15.0. The first-order valence-electron chi connectivity index (χ1n) is 12.5. The number of nitrogens with zero attached hydrogens (tertiary/aromatic N) is 2. The number of rotatable bonds is 10. The van der Waals surface area contributed by atoms with Gasteiger partial charge in [-0.3, -0.25) is 0 Å². The Morgan fingerprint density at radius 2 is 1.77 bits per heavy atom. The number of nitrogens with one attached hydrogen (secondary N) is 2. The van der Waals surface area contributed by atoms with E-state index in [9.17, 15) is 13.2 Å². The highest BCUT2D eigenvalue weighted by atomic mass is 32.2. The summed E-state index contributed by atoms with van der Waals surface area (Å²) in [5.74, 6) is -2.66. The number of methoxy groups -OCH3 is 1. The number of hydrogen-bond donors (Lipinski definition) is 2. The molecule has 40 heavy (non-hydrogen) atoms. The monoisotopic (exact) mass is 572 g/mol. The van der Waals surface area contributed by atoms with Crippen LogP contribution in [0.1, 0.15) is 25.0 Å². The van der Waals surface area contributed by atoms with Crippen molar-refractivity contribution < 1.29 is 31.5 Å². The van der Waals surface area contributed by atoms with Crippen LogP contribution in [0.5, 0.6) is 11.5 Å². The molecule has 2 N–H and O–H groups in total. The lowest BCUT2D eigenvalue weighted by atomic mass is 10.0. The number of fused-ring (bicyclic) bond motifs is 1. The number of aryl methyl sites for hydroxylation is 1. The van der Waals surface area contributed by atoms with E-state index in [0.29, 0.717) is 17.4 Å². The Balaban J connectivity index is 1.74. The van der Waals surface area contributed by atoms with E-state index in [1.165, 1.54) is 37.7 Å². The van der Waals surface area contributed by atoms with Gasteiger partial charge in [0.15, 0.2) is 23.0 Å². The summed E-state index contributed by atoms with van der Waals surface area (Å²) in [5.41, 5.74) is 1.45. The van der Waals surface area contributed by atoms with E-state index in [4.69, 9.17) is 9.47 Å². The third-order valence-electron chi connectivity index (χ3n) is 5.96. The van der Waals surface area contributed by atoms with Gasteiger partial charge in [-0.25, -0.2) is 30.9 Å². The van der Waals surface area contributed by atoms with Crippen LogP contribution in [0, 0.1) is 24.5 Å². The van der Waals surface area contributed by atoms with Crippen molar-refractivity contribution in [2.75, 3.05) is 25.6 Å². The second-order valence-electron chi connectivity index (χ2n) is 9.62. The average molecular weight is 573 g/mol. The fraction of sp³-hybridized carbons (Fsp3) is 0.286. The lowest BCUT2D eigenvalue weighted by Crippen LogP contribution is -2.31. The van der Waals surface area contributed by atoms with E-state index < -0.39 is 33.4 Å². The minimum Gasteiger partial charge on any atom is -0.450 e. The first kappa shape index (κ1) is 29.0. The number of amides is 2. The zero-order valence-corrected chi connectivity index (χ0v) is 23.3. The predicted octanol–water partition coefficient (Wildman–Crippen LogP) is 5.62. The van der Waals surface area contributed by atoms with Gasteiger partial charge in [0.05, 0.1) is 16.9 Å². The zero-order chi connectivity index (χ0) is 29.0. The van der Waals surface area contributed by atoms with Gasteiger partial charge in [-0.1, -0.05) is 31.5 Å². The van der Waals surface area contributed by atoms with Gasteiger partial charge in [0.2, 0.25) is 0 Å². The van der Waals surface area contributed by atoms with E-state index >= 15 is 8.78 Å². The van der Waals surface area contributed by atoms with Crippen molar-refractivity contribution >= 4 is 32.8 Å². The number of hydrogen-bond acceptors (Lipinski definition) is 6. The number of pyridine rings is 1. The Labute approximate surface area is 231 Å². The van der Waals surface area contributed by atoms with Crippen LogP contribution < -0.4 is 15.4 Å². The van der Waals surface area contributed by atoms with Crippen molar-refractivity contribution in [3.63, 3.8) is 0 Å². The third kappa shape index (κ3) is 6.23. The van der Waals surface area contributed by atoms with Gasteiger partial charge < -0.3 is 20.1 Å². The van der Waals surface area contributed by atoms with Crippen molar-refractivity contribution in [1.82, 2.24) is 14.3 Å². The highest BCUT2D eigenvalue weighted by Crippen LogP contribution is 2.37. The summed E-state index contributed by atoms with van der Waals surface area (Å²) in [5, 5.41) is 5.16. The standard InChI is InChI=1S/C28H30F2N4O5S/c1-17(2)13-19-16-34(40(36,37)21-7-5-18(3)6-8-21)27-25(19)24(9-10-31-27)39-26-22(29)14-20(15-23(26)30)33-28(35)32-11-12-38-4/h5-10,14-17H,11-13H2,1-4H3,(H2,32,33,35). The molecule has 2 aromatic heterocycles. The molecule has 0 aliphatic carbocycles. The molecule has 0 atom stereocenters. The Hall–Kier alpha value is -4.03. The molecule has 212 valence electrons. The molecular formula is C28H30F2N4O5S. The van der Waals surface area contributed by atoms with Crippen LogP contribution >= 0.6 is 0 Å². The Kier molecular flexibility index (Phi) is 8.70. The number of anilines is 1. The minimum atomic E-state index is -4.03. The summed E-state index contributed by atoms with van der Waals surface area (Å²) in [7, 11) is -2.56. The first-order chi connectivity index (χ1) is 19.0. The maximum Gasteiger partial charge on any atom is 0.319 e. The highest BCUT2D eigenvalue weighted by molar-refractivity contribution is 7.90. The first-order valence-corrected chi connectivity index (χ1v) is 14.0. The van der Waals surface area contributed by atoms with E-state index in [1.807, 2.05) is 20.8 Å². The summed E-state index contributed by atoms with van der Waals surface area (Å²) < 4.78 is 68.8. The average Bonchev–Trinajstić information content (AvgIpc) is 3.26. The number of halogens is 2. The largest absolute Gasteiger partial charge is 0.450 e. The lowest BCUT2D eigenvalue weighted by molar-refractivity contribution is 0.198. The summed E-state index contributed by atoms with van der Waals surface area (Å²) in [6.07, 6.45) is 3.25. The number of aromatic nitrogens is 2. The fourth-order valence-corrected chi connectivity index (χ4v) is 5.48. The molecule has 0 unspecified atom stereocenters. The van der Waals surface area contributed by atoms with E-state index in [0.717, 1.165) is 21.7 Å². The molecule has 0 saturated carbocycles. The molecule has 2 aromatic carbocycles. The highest BCUT2D eigenvalue weighted by Gasteiger charge is 2.26. The zero-order valence-electron chi connectivity index (χ0n) is 22.5. The normalized spacial score (nSPS) is 11.7. The van der Waals surface area contributed by atoms with E-state index in [2.05, 4.69) is 15.6 Å². The van der Waals surface area contributed by atoms with Crippen LogP contribution in [0.2, 0.25) is 0 Å². The molecule has 0 aliphatic rings. The van der Waals surface area contributed by atoms with Crippen molar-refractivity contribution in [3.8, 4) is 11.5 Å². The van der Waals surface area contributed by atoms with Gasteiger partial charge >= 0.3 is 6.03 Å². The summed E-state index contributed by atoms with van der Waals surface area (Å²) in [4.78, 5) is 16.3.